The summed E-state index contributed by atoms with van der Waals surface area (Å²) in [5.74, 6) is 1.81. The second kappa shape index (κ2) is 17.8. The van der Waals surface area contributed by atoms with Gasteiger partial charge in [0, 0.05) is 36.2 Å². The Hall–Kier alpha value is -6.16. The zero-order chi connectivity index (χ0) is 44.8. The van der Waals surface area contributed by atoms with Gasteiger partial charge in [-0.25, -0.2) is 19.6 Å². The molecule has 338 valence electrons. The minimum absolute atomic E-state index is 0.0274. The van der Waals surface area contributed by atoms with Crippen molar-refractivity contribution in [3.63, 3.8) is 0 Å². The second-order valence-corrected chi connectivity index (χ2v) is 17.9. The zero-order valence-electron chi connectivity index (χ0n) is 37.4. The van der Waals surface area contributed by atoms with Crippen molar-refractivity contribution in [1.29, 1.82) is 0 Å². The molecule has 9 rings (SSSR count). The van der Waals surface area contributed by atoms with Crippen molar-refractivity contribution in [2.45, 2.75) is 115 Å². The Bertz CT molecular complexity index is 2580. The van der Waals surface area contributed by atoms with Gasteiger partial charge in [-0.3, -0.25) is 9.59 Å². The van der Waals surface area contributed by atoms with Crippen LogP contribution in [0.1, 0.15) is 102 Å². The van der Waals surface area contributed by atoms with Crippen LogP contribution in [0.3, 0.4) is 0 Å². The number of imidazole rings is 2. The standard InChI is InChI=1S/C48H58N8O8/c1-7-25(2)40(53-47(59)61-5)45(57)56-27(4)9-15-38(56)44-50-35-13-11-29-21-34-32-12-10-30(20-31(32)24-64-39(34)22-33(29)42(35)52-44)36-23-49-43(51-36)37-14-8-26(3)55(37)46(58)41(54-48(60)62-6)28-16-18-63-19-17-28/h10-13,20-23,25-28,37-38,40-41H,7-9,14-19,24H2,1-6H3,(H,49,51)(H,50,52)(H,53,59)(H,54,60)/t25?,26-,27-,37-,38?,40-,41-/m0/s1. The number of hydrogen-bond donors (Lipinski definition) is 4. The number of carbonyl (C=O) groups is 4. The predicted molar refractivity (Wildman–Crippen MR) is 239 cm³/mol. The van der Waals surface area contributed by atoms with Crippen LogP contribution < -0.4 is 15.4 Å². The Morgan fingerprint density at radius 1 is 0.828 bits per heavy atom. The Labute approximate surface area is 372 Å². The Balaban J connectivity index is 0.960. The van der Waals surface area contributed by atoms with Crippen molar-refractivity contribution >= 4 is 45.8 Å². The molecule has 0 radical (unpaired) electrons. The van der Waals surface area contributed by atoms with Crippen LogP contribution in [-0.2, 0) is 30.4 Å². The van der Waals surface area contributed by atoms with Crippen LogP contribution in [0, 0.1) is 11.8 Å². The highest BCUT2D eigenvalue weighted by Gasteiger charge is 2.44. The molecule has 16 heteroatoms. The zero-order valence-corrected chi connectivity index (χ0v) is 37.4. The number of ether oxygens (including phenoxy) is 4. The number of benzene rings is 3. The molecule has 5 aromatic rings. The summed E-state index contributed by atoms with van der Waals surface area (Å²) in [6.45, 7) is 9.54. The van der Waals surface area contributed by atoms with Gasteiger partial charge >= 0.3 is 12.2 Å². The Morgan fingerprint density at radius 2 is 1.53 bits per heavy atom. The quantitative estimate of drug-likeness (QED) is 0.108. The van der Waals surface area contributed by atoms with Crippen LogP contribution in [0.25, 0.3) is 44.2 Å². The van der Waals surface area contributed by atoms with Gasteiger partial charge in [0.15, 0.2) is 0 Å². The minimum atomic E-state index is -0.715. The minimum Gasteiger partial charge on any atom is -0.488 e. The molecule has 4 aliphatic rings. The van der Waals surface area contributed by atoms with Gasteiger partial charge in [-0.15, -0.1) is 0 Å². The number of alkyl carbamates (subject to hydrolysis) is 2. The van der Waals surface area contributed by atoms with Gasteiger partial charge in [0.25, 0.3) is 0 Å². The second-order valence-electron chi connectivity index (χ2n) is 17.9. The van der Waals surface area contributed by atoms with Crippen molar-refractivity contribution in [1.82, 2.24) is 40.4 Å². The fourth-order valence-corrected chi connectivity index (χ4v) is 10.3. The summed E-state index contributed by atoms with van der Waals surface area (Å²) in [4.78, 5) is 73.9. The van der Waals surface area contributed by atoms with Crippen molar-refractivity contribution < 1.29 is 38.1 Å². The van der Waals surface area contributed by atoms with E-state index in [2.05, 4.69) is 57.0 Å². The van der Waals surface area contributed by atoms with E-state index in [1.54, 1.807) is 0 Å². The van der Waals surface area contributed by atoms with Gasteiger partial charge in [-0.1, -0.05) is 38.5 Å². The maximum absolute atomic E-state index is 14.3. The lowest BCUT2D eigenvalue weighted by Crippen LogP contribution is -2.54. The first-order valence-electron chi connectivity index (χ1n) is 22.7. The highest BCUT2D eigenvalue weighted by molar-refractivity contribution is 6.07. The van der Waals surface area contributed by atoms with Crippen LogP contribution in [-0.4, -0.2) is 105 Å². The largest absolute Gasteiger partial charge is 0.488 e. The Morgan fingerprint density at radius 3 is 2.25 bits per heavy atom. The van der Waals surface area contributed by atoms with Crippen LogP contribution in [0.4, 0.5) is 9.59 Å². The molecule has 7 atom stereocenters. The molecule has 4 aliphatic heterocycles. The molecule has 0 saturated carbocycles. The molecule has 6 heterocycles. The maximum atomic E-state index is 14.3. The number of aromatic nitrogens is 4. The number of likely N-dealkylation sites (tertiary alicyclic amines) is 2. The third-order valence-electron chi connectivity index (χ3n) is 14.2. The van der Waals surface area contributed by atoms with E-state index in [0.29, 0.717) is 38.5 Å². The van der Waals surface area contributed by atoms with Crippen LogP contribution in [0.15, 0.2) is 48.7 Å². The normalized spacial score (nSPS) is 22.3. The van der Waals surface area contributed by atoms with Crippen LogP contribution >= 0.6 is 0 Å². The summed E-state index contributed by atoms with van der Waals surface area (Å²) in [5.41, 5.74) is 6.60. The SMILES string of the molecule is CCC(C)[C@H](NC(=O)OC)C(=O)N1C(c2nc3ccc4cc5c(cc4c3[nH]2)OCc2cc(-c3cnc([C@@H]4CC[C@H](C)N4C(=O)[C@@H](NC(=O)OC)C4CCOCC4)[nH]3)ccc2-5)CC[C@@H]1C. The predicted octanol–water partition coefficient (Wildman–Crippen LogP) is 7.69. The molecule has 3 fully saturated rings. The fraction of sp³-hybridized carbons (Fsp3) is 0.500. The number of rotatable bonds is 10. The highest BCUT2D eigenvalue weighted by Crippen LogP contribution is 2.44. The van der Waals surface area contributed by atoms with Crippen LogP contribution in [0.5, 0.6) is 5.75 Å². The molecule has 3 aromatic carbocycles. The van der Waals surface area contributed by atoms with Gasteiger partial charge in [-0.05, 0) is 111 Å². The maximum Gasteiger partial charge on any atom is 0.407 e. The number of amides is 4. The summed E-state index contributed by atoms with van der Waals surface area (Å²) < 4.78 is 21.8. The summed E-state index contributed by atoms with van der Waals surface area (Å²) in [7, 11) is 2.62. The van der Waals surface area contributed by atoms with Gasteiger partial charge in [0.2, 0.25) is 11.8 Å². The third kappa shape index (κ3) is 7.90. The molecule has 64 heavy (non-hydrogen) atoms. The molecular formula is C48H58N8O8. The molecule has 0 bridgehead atoms. The highest BCUT2D eigenvalue weighted by atomic mass is 16.5. The van der Waals surface area contributed by atoms with Gasteiger partial charge in [0.1, 0.15) is 36.1 Å². The van der Waals surface area contributed by atoms with E-state index in [4.69, 9.17) is 28.9 Å². The number of aromatic amines is 2. The van der Waals surface area contributed by atoms with Gasteiger partial charge in [0.05, 0.1) is 49.2 Å². The number of hydrogen-bond acceptors (Lipinski definition) is 10. The molecule has 2 aromatic heterocycles. The van der Waals surface area contributed by atoms with E-state index >= 15 is 0 Å². The summed E-state index contributed by atoms with van der Waals surface area (Å²) >= 11 is 0. The van der Waals surface area contributed by atoms with E-state index in [1.807, 2.05) is 49.8 Å². The molecule has 2 unspecified atom stereocenters. The average Bonchev–Trinajstić information content (AvgIpc) is 4.14. The van der Waals surface area contributed by atoms with E-state index < -0.39 is 24.3 Å². The van der Waals surface area contributed by atoms with E-state index in [1.165, 1.54) is 14.2 Å². The lowest BCUT2D eigenvalue weighted by atomic mass is 9.90. The van der Waals surface area contributed by atoms with Crippen molar-refractivity contribution in [2.24, 2.45) is 11.8 Å². The van der Waals surface area contributed by atoms with Gasteiger partial charge < -0.3 is 49.3 Å². The Kier molecular flexibility index (Phi) is 12.0. The van der Waals surface area contributed by atoms with E-state index in [-0.39, 0.29) is 47.8 Å². The average molecular weight is 875 g/mol. The first-order valence-corrected chi connectivity index (χ1v) is 22.7. The molecule has 4 amide bonds. The molecule has 4 N–H and O–H groups in total. The molecule has 3 saturated heterocycles. The summed E-state index contributed by atoms with van der Waals surface area (Å²) in [6.07, 6.45) is 5.79. The van der Waals surface area contributed by atoms with Crippen molar-refractivity contribution in [3.8, 4) is 28.1 Å². The first kappa shape index (κ1) is 43.1. The van der Waals surface area contributed by atoms with Crippen molar-refractivity contribution in [2.75, 3.05) is 27.4 Å². The third-order valence-corrected chi connectivity index (χ3v) is 14.2. The first-order chi connectivity index (χ1) is 31.0. The van der Waals surface area contributed by atoms with Crippen LogP contribution in [0.2, 0.25) is 0 Å². The number of fused-ring (bicyclic) bond motifs is 6. The van der Waals surface area contributed by atoms with Crippen molar-refractivity contribution in [3.05, 3.63) is 65.9 Å². The number of nitrogens with zero attached hydrogens (tertiary/aromatic N) is 4. The summed E-state index contributed by atoms with van der Waals surface area (Å²) in [5, 5.41) is 7.63. The van der Waals surface area contributed by atoms with Gasteiger partial charge in [-0.2, -0.15) is 0 Å². The van der Waals surface area contributed by atoms with E-state index in [9.17, 15) is 19.2 Å². The lowest BCUT2D eigenvalue weighted by molar-refractivity contribution is -0.139. The molecule has 0 aliphatic carbocycles. The lowest BCUT2D eigenvalue weighted by Gasteiger charge is -2.36. The number of methoxy groups -OCH3 is 2. The number of carbonyl (C=O) groups excluding carboxylic acids is 4. The summed E-state index contributed by atoms with van der Waals surface area (Å²) in [6, 6.07) is 12.7. The smallest absolute Gasteiger partial charge is 0.407 e. The van der Waals surface area contributed by atoms with E-state index in [0.717, 1.165) is 93.4 Å². The molecule has 16 nitrogen and oxygen atoms in total. The topological polar surface area (TPSA) is 193 Å². The monoisotopic (exact) mass is 874 g/mol. The molecular weight excluding hydrogens is 817 g/mol. The number of nitrogens with one attached hydrogen (secondary N) is 4. The molecule has 0 spiro atoms. The number of H-pyrrole nitrogens is 2. The fourth-order valence-electron chi connectivity index (χ4n) is 10.3.